The predicted octanol–water partition coefficient (Wildman–Crippen LogP) is 1.41. The first kappa shape index (κ1) is 13.5. The molecule has 0 amide bonds. The van der Waals surface area contributed by atoms with Gasteiger partial charge in [-0.3, -0.25) is 9.88 Å². The molecule has 0 atom stereocenters. The zero-order valence-electron chi connectivity index (χ0n) is 11.6. The molecule has 1 fully saturated rings. The lowest BCUT2D eigenvalue weighted by Crippen LogP contribution is -2.52. The summed E-state index contributed by atoms with van der Waals surface area (Å²) < 4.78 is 5.54. The van der Waals surface area contributed by atoms with E-state index in [-0.39, 0.29) is 5.54 Å². The molecule has 0 bridgehead atoms. The minimum atomic E-state index is 0.0962. The molecule has 1 saturated heterocycles. The van der Waals surface area contributed by atoms with Gasteiger partial charge in [0.2, 0.25) is 0 Å². The lowest BCUT2D eigenvalue weighted by atomic mass is 10.0. The van der Waals surface area contributed by atoms with Crippen molar-refractivity contribution in [1.29, 1.82) is 0 Å². The van der Waals surface area contributed by atoms with Gasteiger partial charge < -0.3 is 10.1 Å². The van der Waals surface area contributed by atoms with E-state index in [4.69, 9.17) is 4.74 Å². The molecule has 0 spiro atoms. The third kappa shape index (κ3) is 3.28. The molecular formula is C14H23N3O. The summed E-state index contributed by atoms with van der Waals surface area (Å²) in [6.45, 7) is 8.76. The van der Waals surface area contributed by atoms with Crippen LogP contribution in [0.15, 0.2) is 18.2 Å². The van der Waals surface area contributed by atoms with Gasteiger partial charge in [-0.25, -0.2) is 0 Å². The van der Waals surface area contributed by atoms with Crippen LogP contribution in [0.1, 0.15) is 25.2 Å². The zero-order chi connectivity index (χ0) is 13.0. The van der Waals surface area contributed by atoms with Gasteiger partial charge in [-0.05, 0) is 33.0 Å². The van der Waals surface area contributed by atoms with E-state index in [0.29, 0.717) is 0 Å². The first-order chi connectivity index (χ1) is 8.62. The Morgan fingerprint density at radius 1 is 1.39 bits per heavy atom. The number of hydrogen-bond donors (Lipinski definition) is 1. The molecule has 0 unspecified atom stereocenters. The third-order valence-electron chi connectivity index (χ3n) is 3.39. The predicted molar refractivity (Wildman–Crippen MR) is 72.3 cm³/mol. The standard InChI is InChI=1S/C14H23N3O/c1-14(2)11-18-8-7-17(14)10-13-6-4-5-12(16-13)9-15-3/h4-6,15H,7-11H2,1-3H3. The second kappa shape index (κ2) is 5.78. The van der Waals surface area contributed by atoms with Crippen LogP contribution in [0.5, 0.6) is 0 Å². The summed E-state index contributed by atoms with van der Waals surface area (Å²) in [5.74, 6) is 0. The van der Waals surface area contributed by atoms with E-state index in [0.717, 1.165) is 44.2 Å². The number of nitrogens with zero attached hydrogens (tertiary/aromatic N) is 2. The van der Waals surface area contributed by atoms with Crippen LogP contribution in [-0.2, 0) is 17.8 Å². The molecule has 0 aromatic carbocycles. The van der Waals surface area contributed by atoms with Crippen LogP contribution in [0.4, 0.5) is 0 Å². The molecule has 1 N–H and O–H groups in total. The summed E-state index contributed by atoms with van der Waals surface area (Å²) in [4.78, 5) is 7.12. The van der Waals surface area contributed by atoms with Crippen molar-refractivity contribution in [2.75, 3.05) is 26.8 Å². The van der Waals surface area contributed by atoms with E-state index in [9.17, 15) is 0 Å². The number of nitrogens with one attached hydrogen (secondary N) is 1. The first-order valence-corrected chi connectivity index (χ1v) is 6.54. The maximum atomic E-state index is 5.54. The Balaban J connectivity index is 2.06. The van der Waals surface area contributed by atoms with Crippen molar-refractivity contribution in [3.8, 4) is 0 Å². The molecule has 1 aliphatic heterocycles. The highest BCUT2D eigenvalue weighted by Crippen LogP contribution is 2.21. The molecule has 0 saturated carbocycles. The van der Waals surface area contributed by atoms with Gasteiger partial charge in [-0.15, -0.1) is 0 Å². The largest absolute Gasteiger partial charge is 0.378 e. The second-order valence-electron chi connectivity index (χ2n) is 5.44. The van der Waals surface area contributed by atoms with Gasteiger partial charge in [0.1, 0.15) is 0 Å². The van der Waals surface area contributed by atoms with E-state index < -0.39 is 0 Å². The quantitative estimate of drug-likeness (QED) is 0.875. The normalized spacial score (nSPS) is 19.9. The number of ether oxygens (including phenoxy) is 1. The van der Waals surface area contributed by atoms with Crippen molar-refractivity contribution in [3.05, 3.63) is 29.6 Å². The summed E-state index contributed by atoms with van der Waals surface area (Å²) in [5, 5.41) is 3.13. The molecule has 100 valence electrons. The highest BCUT2D eigenvalue weighted by molar-refractivity contribution is 5.11. The van der Waals surface area contributed by atoms with Crippen LogP contribution in [-0.4, -0.2) is 42.2 Å². The van der Waals surface area contributed by atoms with Crippen molar-refractivity contribution in [1.82, 2.24) is 15.2 Å². The van der Waals surface area contributed by atoms with Gasteiger partial charge in [0.25, 0.3) is 0 Å². The number of pyridine rings is 1. The van der Waals surface area contributed by atoms with Crippen molar-refractivity contribution in [2.24, 2.45) is 0 Å². The average molecular weight is 249 g/mol. The Bertz CT molecular complexity index is 392. The fraction of sp³-hybridized carbons (Fsp3) is 0.643. The van der Waals surface area contributed by atoms with E-state index in [2.05, 4.69) is 47.2 Å². The molecule has 1 aromatic rings. The van der Waals surface area contributed by atoms with Gasteiger partial charge >= 0.3 is 0 Å². The van der Waals surface area contributed by atoms with Crippen molar-refractivity contribution < 1.29 is 4.74 Å². The minimum Gasteiger partial charge on any atom is -0.378 e. The topological polar surface area (TPSA) is 37.4 Å². The highest BCUT2D eigenvalue weighted by atomic mass is 16.5. The summed E-state index contributed by atoms with van der Waals surface area (Å²) in [5.41, 5.74) is 2.33. The van der Waals surface area contributed by atoms with Crippen LogP contribution in [0.2, 0.25) is 0 Å². The third-order valence-corrected chi connectivity index (χ3v) is 3.39. The van der Waals surface area contributed by atoms with Crippen molar-refractivity contribution in [2.45, 2.75) is 32.5 Å². The number of aromatic nitrogens is 1. The summed E-state index contributed by atoms with van der Waals surface area (Å²) in [6.07, 6.45) is 0. The first-order valence-electron chi connectivity index (χ1n) is 6.54. The van der Waals surface area contributed by atoms with Crippen molar-refractivity contribution in [3.63, 3.8) is 0 Å². The summed E-state index contributed by atoms with van der Waals surface area (Å²) >= 11 is 0. The molecule has 1 aliphatic rings. The van der Waals surface area contributed by atoms with Gasteiger partial charge in [-0.1, -0.05) is 6.07 Å². The molecule has 0 aliphatic carbocycles. The smallest absolute Gasteiger partial charge is 0.0645 e. The van der Waals surface area contributed by atoms with Gasteiger partial charge in [-0.2, -0.15) is 0 Å². The minimum absolute atomic E-state index is 0.0962. The van der Waals surface area contributed by atoms with Gasteiger partial charge in [0.15, 0.2) is 0 Å². The van der Waals surface area contributed by atoms with Crippen LogP contribution in [0.3, 0.4) is 0 Å². The second-order valence-corrected chi connectivity index (χ2v) is 5.44. The Labute approximate surface area is 109 Å². The average Bonchev–Trinajstić information content (AvgIpc) is 2.33. The zero-order valence-corrected chi connectivity index (χ0v) is 11.6. The van der Waals surface area contributed by atoms with Gasteiger partial charge in [0.05, 0.1) is 24.6 Å². The maximum absolute atomic E-state index is 5.54. The Morgan fingerprint density at radius 2 is 2.17 bits per heavy atom. The van der Waals surface area contributed by atoms with E-state index in [1.54, 1.807) is 0 Å². The van der Waals surface area contributed by atoms with Crippen LogP contribution >= 0.6 is 0 Å². The Morgan fingerprint density at radius 3 is 2.89 bits per heavy atom. The lowest BCUT2D eigenvalue weighted by molar-refractivity contribution is -0.0558. The fourth-order valence-corrected chi connectivity index (χ4v) is 2.28. The fourth-order valence-electron chi connectivity index (χ4n) is 2.28. The summed E-state index contributed by atoms with van der Waals surface area (Å²) in [7, 11) is 1.94. The molecule has 2 rings (SSSR count). The SMILES string of the molecule is CNCc1cccc(CN2CCOCC2(C)C)n1. The molecule has 2 heterocycles. The van der Waals surface area contributed by atoms with Crippen molar-refractivity contribution >= 4 is 0 Å². The van der Waals surface area contributed by atoms with E-state index >= 15 is 0 Å². The summed E-state index contributed by atoms with van der Waals surface area (Å²) in [6, 6.07) is 6.25. The molecule has 4 heteroatoms. The molecule has 18 heavy (non-hydrogen) atoms. The number of morpholine rings is 1. The monoisotopic (exact) mass is 249 g/mol. The Kier molecular flexibility index (Phi) is 4.32. The van der Waals surface area contributed by atoms with E-state index in [1.807, 2.05) is 7.05 Å². The van der Waals surface area contributed by atoms with E-state index in [1.165, 1.54) is 0 Å². The van der Waals surface area contributed by atoms with Crippen LogP contribution < -0.4 is 5.32 Å². The van der Waals surface area contributed by atoms with Crippen LogP contribution in [0.25, 0.3) is 0 Å². The van der Waals surface area contributed by atoms with Gasteiger partial charge in [0, 0.05) is 25.2 Å². The molecular weight excluding hydrogens is 226 g/mol. The number of rotatable bonds is 4. The maximum Gasteiger partial charge on any atom is 0.0645 e. The number of hydrogen-bond acceptors (Lipinski definition) is 4. The molecule has 1 aromatic heterocycles. The van der Waals surface area contributed by atoms with Crippen LogP contribution in [0, 0.1) is 0 Å². The molecule has 4 nitrogen and oxygen atoms in total. The lowest BCUT2D eigenvalue weighted by Gasteiger charge is -2.41. The highest BCUT2D eigenvalue weighted by Gasteiger charge is 2.30. The molecule has 0 radical (unpaired) electrons. The Hall–Kier alpha value is -0.970.